The molecule has 0 aliphatic carbocycles. The van der Waals surface area contributed by atoms with E-state index in [1.807, 2.05) is 6.92 Å². The summed E-state index contributed by atoms with van der Waals surface area (Å²) in [4.78, 5) is 2.45. The Morgan fingerprint density at radius 2 is 1.85 bits per heavy atom. The van der Waals surface area contributed by atoms with Gasteiger partial charge in [-0.1, -0.05) is 38.1 Å². The molecule has 1 rings (SSSR count). The molecule has 0 fully saturated rings. The molecule has 0 saturated carbocycles. The van der Waals surface area contributed by atoms with E-state index in [-0.39, 0.29) is 0 Å². The van der Waals surface area contributed by atoms with E-state index in [4.69, 9.17) is 4.74 Å². The van der Waals surface area contributed by atoms with Crippen molar-refractivity contribution in [2.75, 3.05) is 39.4 Å². The summed E-state index contributed by atoms with van der Waals surface area (Å²) in [5.41, 5.74) is 2.91. The third kappa shape index (κ3) is 6.51. The summed E-state index contributed by atoms with van der Waals surface area (Å²) in [5.74, 6) is 0. The first-order valence-corrected chi connectivity index (χ1v) is 7.89. The lowest BCUT2D eigenvalue weighted by molar-refractivity contribution is 0.113. The van der Waals surface area contributed by atoms with Gasteiger partial charge in [0, 0.05) is 19.7 Å². The zero-order valence-electron chi connectivity index (χ0n) is 13.3. The molecule has 0 atom stereocenters. The largest absolute Gasteiger partial charge is 0.380 e. The van der Waals surface area contributed by atoms with Crippen LogP contribution in [0.2, 0.25) is 0 Å². The fourth-order valence-corrected chi connectivity index (χ4v) is 2.28. The normalized spacial score (nSPS) is 11.2. The molecule has 0 spiro atoms. The molecule has 0 saturated heterocycles. The molecule has 1 aromatic carbocycles. The van der Waals surface area contributed by atoms with Crippen LogP contribution in [-0.2, 0) is 17.7 Å². The Balaban J connectivity index is 2.55. The van der Waals surface area contributed by atoms with Crippen LogP contribution >= 0.6 is 0 Å². The van der Waals surface area contributed by atoms with Crippen molar-refractivity contribution in [1.82, 2.24) is 10.2 Å². The number of hydrogen-bond donors (Lipinski definition) is 1. The van der Waals surface area contributed by atoms with Crippen LogP contribution < -0.4 is 5.32 Å². The van der Waals surface area contributed by atoms with Gasteiger partial charge in [0.15, 0.2) is 0 Å². The van der Waals surface area contributed by atoms with Gasteiger partial charge in [0.25, 0.3) is 0 Å². The topological polar surface area (TPSA) is 24.5 Å². The van der Waals surface area contributed by atoms with Crippen LogP contribution in [0.25, 0.3) is 0 Å². The third-order valence-electron chi connectivity index (χ3n) is 3.54. The predicted molar refractivity (Wildman–Crippen MR) is 86.1 cm³/mol. The monoisotopic (exact) mass is 278 g/mol. The number of nitrogens with zero attached hydrogens (tertiary/aromatic N) is 1. The van der Waals surface area contributed by atoms with E-state index < -0.39 is 0 Å². The van der Waals surface area contributed by atoms with Crippen LogP contribution in [0.1, 0.15) is 31.9 Å². The molecule has 1 N–H and O–H groups in total. The summed E-state index contributed by atoms with van der Waals surface area (Å²) >= 11 is 0. The van der Waals surface area contributed by atoms with E-state index in [0.29, 0.717) is 0 Å². The summed E-state index contributed by atoms with van der Waals surface area (Å²) in [6, 6.07) is 8.79. The van der Waals surface area contributed by atoms with Gasteiger partial charge in [-0.25, -0.2) is 0 Å². The molecule has 0 amide bonds. The van der Waals surface area contributed by atoms with Crippen molar-refractivity contribution in [3.05, 3.63) is 35.4 Å². The first-order chi connectivity index (χ1) is 9.81. The number of hydrogen-bond acceptors (Lipinski definition) is 3. The van der Waals surface area contributed by atoms with E-state index in [0.717, 1.165) is 52.4 Å². The van der Waals surface area contributed by atoms with E-state index in [9.17, 15) is 0 Å². The molecule has 3 nitrogen and oxygen atoms in total. The first-order valence-electron chi connectivity index (χ1n) is 7.89. The van der Waals surface area contributed by atoms with Gasteiger partial charge < -0.3 is 10.1 Å². The minimum absolute atomic E-state index is 0.802. The molecule has 1 aromatic rings. The second-order valence-corrected chi connectivity index (χ2v) is 4.94. The predicted octanol–water partition coefficient (Wildman–Crippen LogP) is 2.70. The molecule has 3 heteroatoms. The highest BCUT2D eigenvalue weighted by Crippen LogP contribution is 2.12. The standard InChI is InChI=1S/C17H30N2O/c1-4-18-12-11-16-9-7-8-10-17(16)15-19(5-2)13-14-20-6-3/h7-10,18H,4-6,11-15H2,1-3H3. The molecular formula is C17H30N2O. The van der Waals surface area contributed by atoms with Gasteiger partial charge in [0.2, 0.25) is 0 Å². The van der Waals surface area contributed by atoms with Crippen molar-refractivity contribution >= 4 is 0 Å². The Hall–Kier alpha value is -0.900. The highest BCUT2D eigenvalue weighted by atomic mass is 16.5. The lowest BCUT2D eigenvalue weighted by atomic mass is 10.0. The summed E-state index contributed by atoms with van der Waals surface area (Å²) in [7, 11) is 0. The van der Waals surface area contributed by atoms with Gasteiger partial charge in [-0.2, -0.15) is 0 Å². The van der Waals surface area contributed by atoms with Crippen molar-refractivity contribution in [1.29, 1.82) is 0 Å². The van der Waals surface area contributed by atoms with Crippen molar-refractivity contribution in [2.45, 2.75) is 33.7 Å². The Bertz CT molecular complexity index is 355. The van der Waals surface area contributed by atoms with Crippen molar-refractivity contribution in [2.24, 2.45) is 0 Å². The van der Waals surface area contributed by atoms with Crippen molar-refractivity contribution in [3.8, 4) is 0 Å². The van der Waals surface area contributed by atoms with Crippen molar-refractivity contribution < 1.29 is 4.74 Å². The number of likely N-dealkylation sites (N-methyl/N-ethyl adjacent to an activating group) is 2. The van der Waals surface area contributed by atoms with E-state index in [1.165, 1.54) is 11.1 Å². The second kappa shape index (κ2) is 10.8. The zero-order valence-corrected chi connectivity index (χ0v) is 13.3. The Kier molecular flexibility index (Phi) is 9.29. The minimum atomic E-state index is 0.802. The maximum atomic E-state index is 5.46. The summed E-state index contributed by atoms with van der Waals surface area (Å²) < 4.78 is 5.46. The third-order valence-corrected chi connectivity index (χ3v) is 3.54. The highest BCUT2D eigenvalue weighted by Gasteiger charge is 2.07. The molecule has 20 heavy (non-hydrogen) atoms. The summed E-state index contributed by atoms with van der Waals surface area (Å²) in [6.07, 6.45) is 1.10. The van der Waals surface area contributed by atoms with Gasteiger partial charge in [-0.3, -0.25) is 4.90 Å². The molecule has 0 heterocycles. The fourth-order valence-electron chi connectivity index (χ4n) is 2.28. The summed E-state index contributed by atoms with van der Waals surface area (Å²) in [6.45, 7) is 13.2. The average molecular weight is 278 g/mol. The van der Waals surface area contributed by atoms with Gasteiger partial charge in [0.1, 0.15) is 0 Å². The zero-order chi connectivity index (χ0) is 14.6. The maximum absolute atomic E-state index is 5.46. The van der Waals surface area contributed by atoms with Crippen LogP contribution in [0.15, 0.2) is 24.3 Å². The van der Waals surface area contributed by atoms with Crippen molar-refractivity contribution in [3.63, 3.8) is 0 Å². The number of ether oxygens (including phenoxy) is 1. The average Bonchev–Trinajstić information content (AvgIpc) is 2.48. The summed E-state index contributed by atoms with van der Waals surface area (Å²) in [5, 5.41) is 3.40. The van der Waals surface area contributed by atoms with Gasteiger partial charge in [-0.15, -0.1) is 0 Å². The van der Waals surface area contributed by atoms with Crippen LogP contribution in [0.3, 0.4) is 0 Å². The molecule has 0 aromatic heterocycles. The van der Waals surface area contributed by atoms with E-state index in [1.54, 1.807) is 0 Å². The van der Waals surface area contributed by atoms with E-state index >= 15 is 0 Å². The van der Waals surface area contributed by atoms with Crippen LogP contribution in [0.5, 0.6) is 0 Å². The van der Waals surface area contributed by atoms with E-state index in [2.05, 4.69) is 48.3 Å². The number of rotatable bonds is 11. The smallest absolute Gasteiger partial charge is 0.0593 e. The van der Waals surface area contributed by atoms with Crippen LogP contribution in [-0.4, -0.2) is 44.3 Å². The van der Waals surface area contributed by atoms with Gasteiger partial charge in [-0.05, 0) is 44.1 Å². The number of benzene rings is 1. The molecular weight excluding hydrogens is 248 g/mol. The molecule has 0 aliphatic rings. The van der Waals surface area contributed by atoms with Crippen LogP contribution in [0.4, 0.5) is 0 Å². The molecule has 114 valence electrons. The molecule has 0 unspecified atom stereocenters. The van der Waals surface area contributed by atoms with Crippen LogP contribution in [0, 0.1) is 0 Å². The number of nitrogens with one attached hydrogen (secondary N) is 1. The Labute approximate surface area is 124 Å². The Morgan fingerprint density at radius 1 is 1.10 bits per heavy atom. The fraction of sp³-hybridized carbons (Fsp3) is 0.647. The lowest BCUT2D eigenvalue weighted by Crippen LogP contribution is -2.27. The Morgan fingerprint density at radius 3 is 2.50 bits per heavy atom. The first kappa shape index (κ1) is 17.2. The second-order valence-electron chi connectivity index (χ2n) is 4.94. The SMILES string of the molecule is CCNCCc1ccccc1CN(CC)CCOCC. The quantitative estimate of drug-likeness (QED) is 0.630. The molecule has 0 bridgehead atoms. The minimum Gasteiger partial charge on any atom is -0.380 e. The molecule has 0 radical (unpaired) electrons. The maximum Gasteiger partial charge on any atom is 0.0593 e. The lowest BCUT2D eigenvalue weighted by Gasteiger charge is -2.22. The highest BCUT2D eigenvalue weighted by molar-refractivity contribution is 5.27. The van der Waals surface area contributed by atoms with Gasteiger partial charge in [0.05, 0.1) is 6.61 Å². The molecule has 0 aliphatic heterocycles. The van der Waals surface area contributed by atoms with Gasteiger partial charge >= 0.3 is 0 Å².